The molecule has 0 unspecified atom stereocenters. The molecule has 0 rings (SSSR count). The molecule has 4 atom stereocenters. The predicted octanol–water partition coefficient (Wildman–Crippen LogP) is -3.06. The number of hydrogen-bond donors (Lipinski definition) is 5. The zero-order valence-corrected chi connectivity index (χ0v) is 10.0. The van der Waals surface area contributed by atoms with Crippen LogP contribution in [0.1, 0.15) is 6.42 Å². The molecule has 0 saturated heterocycles. The lowest BCUT2D eigenvalue weighted by Crippen LogP contribution is -2.48. The molecule has 17 heavy (non-hydrogen) atoms. The van der Waals surface area contributed by atoms with Gasteiger partial charge in [-0.25, -0.2) is 0 Å². The Hall–Kier alpha value is -0.570. The van der Waals surface area contributed by atoms with Crippen LogP contribution in [0.15, 0.2) is 0 Å². The summed E-state index contributed by atoms with van der Waals surface area (Å²) in [5.41, 5.74) is 0. The number of hydrogen-bond acceptors (Lipinski definition) is 7. The summed E-state index contributed by atoms with van der Waals surface area (Å²) >= 11 is 0. The molecule has 7 nitrogen and oxygen atoms in total. The quantitative estimate of drug-likeness (QED) is 0.310. The highest BCUT2D eigenvalue weighted by Gasteiger charge is 2.33. The van der Waals surface area contributed by atoms with E-state index in [1.165, 1.54) is 0 Å². The minimum absolute atomic E-state index is 0.0210. The summed E-state index contributed by atoms with van der Waals surface area (Å²) in [6, 6.07) is 0. The first-order valence-electron chi connectivity index (χ1n) is 5.31. The maximum atomic E-state index is 11.4. The van der Waals surface area contributed by atoms with E-state index in [1.807, 2.05) is 0 Å². The van der Waals surface area contributed by atoms with Gasteiger partial charge in [0.2, 0.25) is 0 Å². The third-order valence-electron chi connectivity index (χ3n) is 2.39. The summed E-state index contributed by atoms with van der Waals surface area (Å²) in [6.45, 7) is -0.363. The Balaban J connectivity index is 4.28. The molecule has 0 bridgehead atoms. The van der Waals surface area contributed by atoms with Crippen molar-refractivity contribution in [2.45, 2.75) is 30.8 Å². The van der Waals surface area contributed by atoms with E-state index in [9.17, 15) is 20.1 Å². The van der Waals surface area contributed by atoms with Crippen LogP contribution >= 0.6 is 0 Å². The number of ketones is 1. The third-order valence-corrected chi connectivity index (χ3v) is 2.39. The second-order valence-electron chi connectivity index (χ2n) is 4.20. The predicted molar refractivity (Wildman–Crippen MR) is 59.3 cm³/mol. The molecule has 0 aliphatic heterocycles. The molecule has 0 radical (unpaired) electrons. The molecule has 0 aliphatic rings. The van der Waals surface area contributed by atoms with Crippen LogP contribution in [0.5, 0.6) is 0 Å². The molecular weight excluding hydrogens is 230 g/mol. The van der Waals surface area contributed by atoms with Gasteiger partial charge in [-0.15, -0.1) is 0 Å². The van der Waals surface area contributed by atoms with E-state index in [0.29, 0.717) is 6.54 Å². The Kier molecular flexibility index (Phi) is 7.44. The molecule has 0 spiro atoms. The highest BCUT2D eigenvalue weighted by molar-refractivity contribution is 5.83. The van der Waals surface area contributed by atoms with Crippen molar-refractivity contribution in [1.29, 1.82) is 0 Å². The smallest absolute Gasteiger partial charge is 0.165 e. The van der Waals surface area contributed by atoms with E-state index >= 15 is 0 Å². The molecule has 0 fully saturated rings. The fraction of sp³-hybridized carbons (Fsp3) is 0.900. The standard InChI is InChI=1S/C10H21NO6/c1-11(2)4-3-6(13)8(15)10(17)9(16)7(14)5-12/h7-10,12,14-17H,3-5H2,1-2H3/t7-,8+,9-,10-/m1/s1. The van der Waals surface area contributed by atoms with Gasteiger partial charge in [0.1, 0.15) is 24.4 Å². The first kappa shape index (κ1) is 16.4. The van der Waals surface area contributed by atoms with Gasteiger partial charge < -0.3 is 30.4 Å². The van der Waals surface area contributed by atoms with Crippen molar-refractivity contribution in [3.05, 3.63) is 0 Å². The van der Waals surface area contributed by atoms with Crippen LogP contribution in [0.25, 0.3) is 0 Å². The minimum Gasteiger partial charge on any atom is -0.394 e. The van der Waals surface area contributed by atoms with Crippen molar-refractivity contribution >= 4 is 5.78 Å². The van der Waals surface area contributed by atoms with Gasteiger partial charge in [-0.1, -0.05) is 0 Å². The molecule has 0 heterocycles. The van der Waals surface area contributed by atoms with Gasteiger partial charge >= 0.3 is 0 Å². The van der Waals surface area contributed by atoms with Crippen LogP contribution in [0, 0.1) is 0 Å². The maximum Gasteiger partial charge on any atom is 0.165 e. The molecule has 0 amide bonds. The lowest BCUT2D eigenvalue weighted by Gasteiger charge is -2.25. The van der Waals surface area contributed by atoms with E-state index in [-0.39, 0.29) is 6.42 Å². The zero-order chi connectivity index (χ0) is 13.6. The first-order chi connectivity index (χ1) is 7.81. The van der Waals surface area contributed by atoms with E-state index in [4.69, 9.17) is 10.2 Å². The fourth-order valence-corrected chi connectivity index (χ4v) is 1.19. The van der Waals surface area contributed by atoms with Crippen LogP contribution in [0.3, 0.4) is 0 Å². The van der Waals surface area contributed by atoms with Crippen molar-refractivity contribution in [3.63, 3.8) is 0 Å². The molecular formula is C10H21NO6. The van der Waals surface area contributed by atoms with Crippen LogP contribution in [0.4, 0.5) is 0 Å². The maximum absolute atomic E-state index is 11.4. The Morgan fingerprint density at radius 3 is 2.06 bits per heavy atom. The topological polar surface area (TPSA) is 121 Å². The Morgan fingerprint density at radius 1 is 1.12 bits per heavy atom. The molecule has 7 heteroatoms. The molecule has 0 saturated carbocycles. The van der Waals surface area contributed by atoms with Gasteiger partial charge in [-0.05, 0) is 14.1 Å². The fourth-order valence-electron chi connectivity index (χ4n) is 1.19. The van der Waals surface area contributed by atoms with Gasteiger partial charge in [-0.3, -0.25) is 4.79 Å². The van der Waals surface area contributed by atoms with Crippen molar-refractivity contribution in [1.82, 2.24) is 4.90 Å². The second-order valence-corrected chi connectivity index (χ2v) is 4.20. The lowest BCUT2D eigenvalue weighted by molar-refractivity contribution is -0.147. The van der Waals surface area contributed by atoms with Gasteiger partial charge in [0, 0.05) is 13.0 Å². The Labute approximate surface area is 99.9 Å². The number of aliphatic hydroxyl groups is 5. The van der Waals surface area contributed by atoms with Crippen LogP contribution in [0.2, 0.25) is 0 Å². The van der Waals surface area contributed by atoms with E-state index in [0.717, 1.165) is 0 Å². The van der Waals surface area contributed by atoms with Gasteiger partial charge in [0.05, 0.1) is 6.61 Å². The normalized spacial score (nSPS) is 18.8. The summed E-state index contributed by atoms with van der Waals surface area (Å²) in [5.74, 6) is -0.629. The summed E-state index contributed by atoms with van der Waals surface area (Å²) in [4.78, 5) is 13.1. The first-order valence-corrected chi connectivity index (χ1v) is 5.31. The average Bonchev–Trinajstić information content (AvgIpc) is 2.31. The van der Waals surface area contributed by atoms with Crippen LogP contribution in [-0.4, -0.2) is 87.9 Å². The number of nitrogens with zero attached hydrogens (tertiary/aromatic N) is 1. The molecule has 0 aromatic rings. The van der Waals surface area contributed by atoms with Crippen molar-refractivity contribution in [2.24, 2.45) is 0 Å². The van der Waals surface area contributed by atoms with E-state index < -0.39 is 36.8 Å². The molecule has 5 N–H and O–H groups in total. The van der Waals surface area contributed by atoms with E-state index in [2.05, 4.69) is 0 Å². The van der Waals surface area contributed by atoms with Gasteiger partial charge in [-0.2, -0.15) is 0 Å². The van der Waals surface area contributed by atoms with Crippen molar-refractivity contribution < 1.29 is 30.3 Å². The monoisotopic (exact) mass is 251 g/mol. The number of aliphatic hydroxyl groups excluding tert-OH is 5. The van der Waals surface area contributed by atoms with Crippen LogP contribution < -0.4 is 0 Å². The lowest BCUT2D eigenvalue weighted by atomic mass is 9.99. The Morgan fingerprint density at radius 2 is 1.65 bits per heavy atom. The van der Waals surface area contributed by atoms with Crippen molar-refractivity contribution in [2.75, 3.05) is 27.2 Å². The summed E-state index contributed by atoms with van der Waals surface area (Å²) in [7, 11) is 3.50. The van der Waals surface area contributed by atoms with E-state index in [1.54, 1.807) is 19.0 Å². The largest absolute Gasteiger partial charge is 0.394 e. The SMILES string of the molecule is CN(C)CCC(=O)[C@H](O)[C@@H](O)[C@H](O)[C@H](O)CO. The zero-order valence-electron chi connectivity index (χ0n) is 10.0. The summed E-state index contributed by atoms with van der Waals surface area (Å²) < 4.78 is 0. The number of carbonyl (C=O) groups is 1. The number of carbonyl (C=O) groups excluding carboxylic acids is 1. The molecule has 0 aliphatic carbocycles. The summed E-state index contributed by atoms with van der Waals surface area (Å²) in [5, 5.41) is 45.8. The Bertz CT molecular complexity index is 235. The second kappa shape index (κ2) is 7.70. The highest BCUT2D eigenvalue weighted by Crippen LogP contribution is 2.07. The number of Topliss-reactive ketones (excluding diaryl/α,β-unsaturated/α-hetero) is 1. The average molecular weight is 251 g/mol. The summed E-state index contributed by atoms with van der Waals surface area (Å²) in [6.07, 6.45) is -6.93. The molecule has 0 aromatic heterocycles. The third kappa shape index (κ3) is 5.53. The minimum atomic E-state index is -1.81. The molecule has 102 valence electrons. The molecule has 0 aromatic carbocycles. The number of rotatable bonds is 8. The highest BCUT2D eigenvalue weighted by atomic mass is 16.4. The van der Waals surface area contributed by atoms with Gasteiger partial charge in [0.25, 0.3) is 0 Å². The van der Waals surface area contributed by atoms with Crippen molar-refractivity contribution in [3.8, 4) is 0 Å². The van der Waals surface area contributed by atoms with Crippen LogP contribution in [-0.2, 0) is 4.79 Å². The van der Waals surface area contributed by atoms with Gasteiger partial charge in [0.15, 0.2) is 5.78 Å².